The summed E-state index contributed by atoms with van der Waals surface area (Å²) in [5.41, 5.74) is 6.26. The second kappa shape index (κ2) is 7.39. The Labute approximate surface area is 193 Å². The third-order valence-corrected chi connectivity index (χ3v) is 7.51. The number of esters is 1. The fourth-order valence-electron chi connectivity index (χ4n) is 4.72. The number of carbonyl (C=O) groups excluding carboxylic acids is 1. The van der Waals surface area contributed by atoms with Gasteiger partial charge in [0.15, 0.2) is 16.3 Å². The van der Waals surface area contributed by atoms with E-state index in [1.165, 1.54) is 4.88 Å². The standard InChI is InChI=1S/C24H20N6O2S/c1-3-32-24(31)19-14-8-4-7-11-18(14)33-23(19)30-27-20-13(2)15(12-25)21-26-16-9-5-6-10-17(16)29(21)22(20)28-30/h5-6,9-10H,3-4,7-8,11H2,1-2H3. The van der Waals surface area contributed by atoms with Crippen LogP contribution in [0, 0.1) is 18.3 Å². The van der Waals surface area contributed by atoms with Gasteiger partial charge in [0, 0.05) is 10.4 Å². The predicted molar refractivity (Wildman–Crippen MR) is 125 cm³/mol. The molecule has 0 saturated heterocycles. The van der Waals surface area contributed by atoms with Gasteiger partial charge in [0.2, 0.25) is 0 Å². The molecule has 5 aromatic rings. The van der Waals surface area contributed by atoms with Crippen molar-refractivity contribution in [3.05, 3.63) is 51.4 Å². The minimum atomic E-state index is -0.332. The van der Waals surface area contributed by atoms with Gasteiger partial charge < -0.3 is 4.74 Å². The highest BCUT2D eigenvalue weighted by molar-refractivity contribution is 7.15. The fraction of sp³-hybridized carbons (Fsp3) is 0.292. The van der Waals surface area contributed by atoms with E-state index < -0.39 is 0 Å². The summed E-state index contributed by atoms with van der Waals surface area (Å²) >= 11 is 1.56. The molecule has 0 spiro atoms. The zero-order valence-corrected chi connectivity index (χ0v) is 19.1. The average molecular weight is 457 g/mol. The van der Waals surface area contributed by atoms with Crippen LogP contribution in [-0.4, -0.2) is 37.0 Å². The number of pyridine rings is 1. The van der Waals surface area contributed by atoms with Crippen molar-refractivity contribution in [2.75, 3.05) is 6.61 Å². The number of hydrogen-bond acceptors (Lipinski definition) is 7. The number of aryl methyl sites for hydroxylation is 2. The Morgan fingerprint density at radius 3 is 2.85 bits per heavy atom. The number of nitriles is 1. The first kappa shape index (κ1) is 19.9. The monoisotopic (exact) mass is 456 g/mol. The minimum Gasteiger partial charge on any atom is -0.462 e. The Bertz CT molecular complexity index is 1630. The number of rotatable bonds is 3. The maximum atomic E-state index is 13.0. The van der Waals surface area contributed by atoms with Gasteiger partial charge in [-0.2, -0.15) is 5.26 Å². The van der Waals surface area contributed by atoms with E-state index in [0.29, 0.717) is 39.5 Å². The topological polar surface area (TPSA) is 98.1 Å². The molecule has 33 heavy (non-hydrogen) atoms. The smallest absolute Gasteiger partial charge is 0.341 e. The molecule has 0 N–H and O–H groups in total. The van der Waals surface area contributed by atoms with E-state index in [0.717, 1.165) is 47.8 Å². The third kappa shape index (κ3) is 2.80. The molecule has 1 aromatic carbocycles. The number of carbonyl (C=O) groups is 1. The van der Waals surface area contributed by atoms with Crippen molar-refractivity contribution in [1.29, 1.82) is 5.26 Å². The molecule has 0 bridgehead atoms. The van der Waals surface area contributed by atoms with Gasteiger partial charge >= 0.3 is 5.97 Å². The maximum absolute atomic E-state index is 13.0. The van der Waals surface area contributed by atoms with E-state index in [1.807, 2.05) is 42.5 Å². The molecule has 0 radical (unpaired) electrons. The average Bonchev–Trinajstić information content (AvgIpc) is 3.52. The van der Waals surface area contributed by atoms with Crippen molar-refractivity contribution in [2.24, 2.45) is 0 Å². The molecule has 0 fully saturated rings. The van der Waals surface area contributed by atoms with Crippen LogP contribution in [0.3, 0.4) is 0 Å². The van der Waals surface area contributed by atoms with Gasteiger partial charge in [-0.1, -0.05) is 12.1 Å². The van der Waals surface area contributed by atoms with Crippen LogP contribution in [0.4, 0.5) is 0 Å². The van der Waals surface area contributed by atoms with Crippen LogP contribution in [0.1, 0.15) is 51.7 Å². The number of para-hydroxylation sites is 2. The summed E-state index contributed by atoms with van der Waals surface area (Å²) in [7, 11) is 0. The van der Waals surface area contributed by atoms with E-state index >= 15 is 0 Å². The molecule has 4 aromatic heterocycles. The van der Waals surface area contributed by atoms with Gasteiger partial charge in [-0.25, -0.2) is 9.78 Å². The second-order valence-electron chi connectivity index (χ2n) is 8.14. The maximum Gasteiger partial charge on any atom is 0.341 e. The lowest BCUT2D eigenvalue weighted by atomic mass is 9.95. The summed E-state index contributed by atoms with van der Waals surface area (Å²) in [6.07, 6.45) is 3.96. The molecule has 0 aliphatic heterocycles. The first-order chi connectivity index (χ1) is 16.1. The summed E-state index contributed by atoms with van der Waals surface area (Å²) in [6, 6.07) is 10.0. The predicted octanol–water partition coefficient (Wildman–Crippen LogP) is 4.52. The number of benzene rings is 1. The molecule has 6 rings (SSSR count). The number of thiophene rings is 1. The number of ether oxygens (including phenoxy) is 1. The van der Waals surface area contributed by atoms with E-state index in [2.05, 4.69) is 6.07 Å². The zero-order chi connectivity index (χ0) is 22.7. The Kier molecular flexibility index (Phi) is 4.45. The van der Waals surface area contributed by atoms with Gasteiger partial charge in [-0.15, -0.1) is 26.3 Å². The minimum absolute atomic E-state index is 0.309. The van der Waals surface area contributed by atoms with Crippen LogP contribution < -0.4 is 0 Å². The van der Waals surface area contributed by atoms with Crippen LogP contribution >= 0.6 is 11.3 Å². The Hall–Kier alpha value is -3.77. The molecule has 0 amide bonds. The van der Waals surface area contributed by atoms with E-state index in [4.69, 9.17) is 19.9 Å². The second-order valence-corrected chi connectivity index (χ2v) is 9.23. The number of hydrogen-bond donors (Lipinski definition) is 0. The summed E-state index contributed by atoms with van der Waals surface area (Å²) in [4.78, 5) is 20.4. The summed E-state index contributed by atoms with van der Waals surface area (Å²) in [5, 5.41) is 20.2. The molecule has 0 atom stereocenters. The highest BCUT2D eigenvalue weighted by Crippen LogP contribution is 2.37. The Morgan fingerprint density at radius 1 is 1.21 bits per heavy atom. The first-order valence-corrected chi connectivity index (χ1v) is 11.8. The number of nitrogens with zero attached hydrogens (tertiary/aromatic N) is 6. The largest absolute Gasteiger partial charge is 0.462 e. The van der Waals surface area contributed by atoms with E-state index in [-0.39, 0.29) is 5.97 Å². The number of fused-ring (bicyclic) bond motifs is 6. The lowest BCUT2D eigenvalue weighted by Gasteiger charge is -2.12. The molecule has 0 unspecified atom stereocenters. The van der Waals surface area contributed by atoms with Crippen molar-refractivity contribution in [3.63, 3.8) is 0 Å². The van der Waals surface area contributed by atoms with Crippen LogP contribution in [0.15, 0.2) is 24.3 Å². The van der Waals surface area contributed by atoms with Gasteiger partial charge in [0.1, 0.15) is 22.7 Å². The molecule has 4 heterocycles. The van der Waals surface area contributed by atoms with Gasteiger partial charge in [-0.3, -0.25) is 4.40 Å². The molecule has 1 aliphatic carbocycles. The number of imidazole rings is 1. The fourth-order valence-corrected chi connectivity index (χ4v) is 6.00. The zero-order valence-electron chi connectivity index (χ0n) is 18.3. The molecular formula is C24H20N6O2S. The SMILES string of the molecule is CCOC(=O)c1c(-n2nc3c(C)c(C#N)c4nc5ccccc5n4c3n2)sc2c1CCCC2. The van der Waals surface area contributed by atoms with Crippen LogP contribution in [0.2, 0.25) is 0 Å². The van der Waals surface area contributed by atoms with Crippen molar-refractivity contribution in [2.45, 2.75) is 39.5 Å². The molecular weight excluding hydrogens is 436 g/mol. The first-order valence-electron chi connectivity index (χ1n) is 11.0. The molecule has 9 heteroatoms. The van der Waals surface area contributed by atoms with Gasteiger partial charge in [0.25, 0.3) is 0 Å². The van der Waals surface area contributed by atoms with Gasteiger partial charge in [0.05, 0.1) is 17.6 Å². The summed E-state index contributed by atoms with van der Waals surface area (Å²) in [5.74, 6) is -0.332. The lowest BCUT2D eigenvalue weighted by Crippen LogP contribution is -2.12. The van der Waals surface area contributed by atoms with E-state index in [9.17, 15) is 10.1 Å². The van der Waals surface area contributed by atoms with Crippen molar-refractivity contribution in [1.82, 2.24) is 24.4 Å². The molecule has 0 saturated carbocycles. The normalized spacial score (nSPS) is 13.5. The van der Waals surface area contributed by atoms with Crippen molar-refractivity contribution >= 4 is 45.2 Å². The molecule has 8 nitrogen and oxygen atoms in total. The Balaban J connectivity index is 1.69. The van der Waals surface area contributed by atoms with Crippen LogP contribution in [0.5, 0.6) is 0 Å². The highest BCUT2D eigenvalue weighted by atomic mass is 32.1. The highest BCUT2D eigenvalue weighted by Gasteiger charge is 2.29. The molecule has 164 valence electrons. The van der Waals surface area contributed by atoms with Crippen molar-refractivity contribution < 1.29 is 9.53 Å². The molecule has 1 aliphatic rings. The van der Waals surface area contributed by atoms with Crippen molar-refractivity contribution in [3.8, 4) is 11.1 Å². The lowest BCUT2D eigenvalue weighted by molar-refractivity contribution is 0.0525. The van der Waals surface area contributed by atoms with Crippen LogP contribution in [0.25, 0.3) is 32.8 Å². The quantitative estimate of drug-likeness (QED) is 0.370. The third-order valence-electron chi connectivity index (χ3n) is 6.25. The summed E-state index contributed by atoms with van der Waals surface area (Å²) < 4.78 is 7.29. The Morgan fingerprint density at radius 2 is 2.03 bits per heavy atom. The summed E-state index contributed by atoms with van der Waals surface area (Å²) in [6.45, 7) is 3.99. The van der Waals surface area contributed by atoms with Gasteiger partial charge in [-0.05, 0) is 57.2 Å². The van der Waals surface area contributed by atoms with Crippen LogP contribution in [-0.2, 0) is 17.6 Å². The number of aromatic nitrogens is 5. The van der Waals surface area contributed by atoms with E-state index in [1.54, 1.807) is 16.1 Å².